The smallest absolute Gasteiger partial charge is 0.311 e. The van der Waals surface area contributed by atoms with Crippen molar-refractivity contribution in [1.29, 1.82) is 0 Å². The molecule has 130 valence electrons. The van der Waals surface area contributed by atoms with E-state index in [1.165, 1.54) is 23.6 Å². The van der Waals surface area contributed by atoms with Crippen LogP contribution >= 0.6 is 0 Å². The van der Waals surface area contributed by atoms with E-state index >= 15 is 0 Å². The fourth-order valence-electron chi connectivity index (χ4n) is 3.09. The molecule has 0 aliphatic rings. The Kier molecular flexibility index (Phi) is 5.00. The molecule has 0 saturated carbocycles. The van der Waals surface area contributed by atoms with Crippen molar-refractivity contribution < 1.29 is 9.66 Å². The van der Waals surface area contributed by atoms with Crippen LogP contribution in [0.25, 0.3) is 10.9 Å². The minimum atomic E-state index is -0.420. The zero-order valence-corrected chi connectivity index (χ0v) is 14.3. The van der Waals surface area contributed by atoms with Gasteiger partial charge in [-0.2, -0.15) is 0 Å². The van der Waals surface area contributed by atoms with Gasteiger partial charge in [0.25, 0.3) is 0 Å². The Balaban J connectivity index is 1.61. The van der Waals surface area contributed by atoms with E-state index in [9.17, 15) is 10.1 Å². The summed E-state index contributed by atoms with van der Waals surface area (Å²) < 4.78 is 5.02. The number of methoxy groups -OCH3 is 1. The molecular formula is C19H21N3O3. The number of nitrogens with one attached hydrogen (secondary N) is 2. The number of aromatic amines is 1. The maximum absolute atomic E-state index is 11.1. The van der Waals surface area contributed by atoms with Crippen LogP contribution < -0.4 is 10.1 Å². The maximum Gasteiger partial charge on any atom is 0.311 e. The lowest BCUT2D eigenvalue weighted by Crippen LogP contribution is -2.16. The van der Waals surface area contributed by atoms with Gasteiger partial charge < -0.3 is 15.0 Å². The highest BCUT2D eigenvalue weighted by Gasteiger charge is 2.14. The summed E-state index contributed by atoms with van der Waals surface area (Å²) in [6, 6.07) is 11.3. The van der Waals surface area contributed by atoms with Crippen LogP contribution in [-0.2, 0) is 13.0 Å². The van der Waals surface area contributed by atoms with Crippen LogP contribution in [0.5, 0.6) is 5.75 Å². The normalized spacial score (nSPS) is 11.0. The topological polar surface area (TPSA) is 80.2 Å². The van der Waals surface area contributed by atoms with E-state index in [1.807, 2.05) is 12.1 Å². The van der Waals surface area contributed by atoms with E-state index in [0.717, 1.165) is 24.0 Å². The molecule has 0 bridgehead atoms. The van der Waals surface area contributed by atoms with Crippen LogP contribution in [0.3, 0.4) is 0 Å². The molecule has 25 heavy (non-hydrogen) atoms. The number of nitrogens with zero attached hydrogens (tertiary/aromatic N) is 1. The molecule has 0 fully saturated rings. The van der Waals surface area contributed by atoms with Gasteiger partial charge in [0, 0.05) is 29.7 Å². The van der Waals surface area contributed by atoms with Gasteiger partial charge >= 0.3 is 5.69 Å². The van der Waals surface area contributed by atoms with Gasteiger partial charge in [-0.05, 0) is 48.7 Å². The van der Waals surface area contributed by atoms with E-state index in [2.05, 4.69) is 35.6 Å². The van der Waals surface area contributed by atoms with Crippen molar-refractivity contribution in [3.8, 4) is 5.75 Å². The SMILES string of the molecule is COc1ccc(CNCCc2c[nH]c3cccc(C)c23)cc1[N+](=O)[O-]. The minimum absolute atomic E-state index is 0.00551. The fourth-order valence-corrected chi connectivity index (χ4v) is 3.09. The van der Waals surface area contributed by atoms with Crippen molar-refractivity contribution in [2.75, 3.05) is 13.7 Å². The van der Waals surface area contributed by atoms with Crippen LogP contribution in [0.2, 0.25) is 0 Å². The van der Waals surface area contributed by atoms with E-state index in [0.29, 0.717) is 6.54 Å². The molecule has 1 aromatic heterocycles. The lowest BCUT2D eigenvalue weighted by Gasteiger charge is -2.07. The average molecular weight is 339 g/mol. The second-order valence-electron chi connectivity index (χ2n) is 6.00. The van der Waals surface area contributed by atoms with Crippen molar-refractivity contribution in [2.45, 2.75) is 19.9 Å². The first kappa shape index (κ1) is 17.0. The van der Waals surface area contributed by atoms with Gasteiger partial charge in [-0.25, -0.2) is 0 Å². The summed E-state index contributed by atoms with van der Waals surface area (Å²) in [6.45, 7) is 3.48. The number of nitro groups is 1. The molecule has 0 unspecified atom stereocenters. The van der Waals surface area contributed by atoms with Crippen LogP contribution in [0.4, 0.5) is 5.69 Å². The summed E-state index contributed by atoms with van der Waals surface area (Å²) in [4.78, 5) is 14.0. The third-order valence-electron chi connectivity index (χ3n) is 4.34. The molecule has 3 rings (SSSR count). The Morgan fingerprint density at radius 3 is 2.88 bits per heavy atom. The molecule has 6 nitrogen and oxygen atoms in total. The first-order valence-electron chi connectivity index (χ1n) is 8.17. The number of aromatic nitrogens is 1. The first-order chi connectivity index (χ1) is 12.1. The highest BCUT2D eigenvalue weighted by atomic mass is 16.6. The number of ether oxygens (including phenoxy) is 1. The van der Waals surface area contributed by atoms with Gasteiger partial charge in [-0.15, -0.1) is 0 Å². The second kappa shape index (κ2) is 7.36. The Hall–Kier alpha value is -2.86. The standard InChI is InChI=1S/C19H21N3O3/c1-13-4-3-5-16-19(13)15(12-21-16)8-9-20-11-14-6-7-18(25-2)17(10-14)22(23)24/h3-7,10,12,20-21H,8-9,11H2,1-2H3. The molecular weight excluding hydrogens is 318 g/mol. The van der Waals surface area contributed by atoms with E-state index in [1.54, 1.807) is 12.1 Å². The zero-order chi connectivity index (χ0) is 17.8. The molecule has 0 aliphatic heterocycles. The monoisotopic (exact) mass is 339 g/mol. The van der Waals surface area contributed by atoms with Crippen molar-refractivity contribution in [3.05, 3.63) is 69.4 Å². The zero-order valence-electron chi connectivity index (χ0n) is 14.3. The molecule has 0 aliphatic carbocycles. The van der Waals surface area contributed by atoms with Gasteiger partial charge in [0.05, 0.1) is 12.0 Å². The van der Waals surface area contributed by atoms with Crippen molar-refractivity contribution in [2.24, 2.45) is 0 Å². The summed E-state index contributed by atoms with van der Waals surface area (Å²) in [7, 11) is 1.43. The van der Waals surface area contributed by atoms with E-state index in [-0.39, 0.29) is 11.4 Å². The van der Waals surface area contributed by atoms with Gasteiger partial charge in [0.2, 0.25) is 0 Å². The van der Waals surface area contributed by atoms with E-state index in [4.69, 9.17) is 4.74 Å². The number of nitro benzene ring substituents is 1. The summed E-state index contributed by atoms with van der Waals surface area (Å²) in [5.74, 6) is 0.281. The number of aryl methyl sites for hydroxylation is 1. The van der Waals surface area contributed by atoms with Crippen LogP contribution in [0, 0.1) is 17.0 Å². The molecule has 3 aromatic rings. The van der Waals surface area contributed by atoms with Crippen molar-refractivity contribution in [1.82, 2.24) is 10.3 Å². The first-order valence-corrected chi connectivity index (χ1v) is 8.17. The van der Waals surface area contributed by atoms with Crippen molar-refractivity contribution in [3.63, 3.8) is 0 Å². The summed E-state index contributed by atoms with van der Waals surface area (Å²) in [5, 5.41) is 15.7. The average Bonchev–Trinajstić information content (AvgIpc) is 3.03. The minimum Gasteiger partial charge on any atom is -0.490 e. The second-order valence-corrected chi connectivity index (χ2v) is 6.00. The Bertz CT molecular complexity index is 902. The highest BCUT2D eigenvalue weighted by Crippen LogP contribution is 2.27. The molecule has 2 aromatic carbocycles. The third kappa shape index (κ3) is 3.64. The summed E-state index contributed by atoms with van der Waals surface area (Å²) >= 11 is 0. The Morgan fingerprint density at radius 2 is 2.12 bits per heavy atom. The predicted octanol–water partition coefficient (Wildman–Crippen LogP) is 3.73. The quantitative estimate of drug-likeness (QED) is 0.390. The van der Waals surface area contributed by atoms with Crippen molar-refractivity contribution >= 4 is 16.6 Å². The van der Waals surface area contributed by atoms with E-state index < -0.39 is 4.92 Å². The van der Waals surface area contributed by atoms with Gasteiger partial charge in [0.15, 0.2) is 5.75 Å². The molecule has 0 spiro atoms. The van der Waals surface area contributed by atoms with Gasteiger partial charge in [-0.3, -0.25) is 10.1 Å². The molecule has 1 heterocycles. The molecule has 0 atom stereocenters. The van der Waals surface area contributed by atoms with Gasteiger partial charge in [0.1, 0.15) is 0 Å². The number of fused-ring (bicyclic) bond motifs is 1. The molecule has 6 heteroatoms. The largest absolute Gasteiger partial charge is 0.490 e. The number of hydrogen-bond donors (Lipinski definition) is 2. The highest BCUT2D eigenvalue weighted by molar-refractivity contribution is 5.86. The molecule has 0 amide bonds. The summed E-state index contributed by atoms with van der Waals surface area (Å²) in [5.41, 5.74) is 4.55. The van der Waals surface area contributed by atoms with Gasteiger partial charge in [-0.1, -0.05) is 18.2 Å². The number of benzene rings is 2. The number of H-pyrrole nitrogens is 1. The molecule has 2 N–H and O–H groups in total. The van der Waals surface area contributed by atoms with Crippen LogP contribution in [-0.4, -0.2) is 23.6 Å². The number of rotatable bonds is 7. The number of hydrogen-bond acceptors (Lipinski definition) is 4. The molecule has 0 saturated heterocycles. The third-order valence-corrected chi connectivity index (χ3v) is 4.34. The summed E-state index contributed by atoms with van der Waals surface area (Å²) in [6.07, 6.45) is 2.95. The molecule has 0 radical (unpaired) electrons. The van der Waals surface area contributed by atoms with Crippen LogP contribution in [0.15, 0.2) is 42.6 Å². The maximum atomic E-state index is 11.1. The Morgan fingerprint density at radius 1 is 1.28 bits per heavy atom. The van der Waals surface area contributed by atoms with Crippen LogP contribution in [0.1, 0.15) is 16.7 Å². The fraction of sp³-hybridized carbons (Fsp3) is 0.263. The lowest BCUT2D eigenvalue weighted by atomic mass is 10.1. The Labute approximate surface area is 146 Å². The lowest BCUT2D eigenvalue weighted by molar-refractivity contribution is -0.385. The predicted molar refractivity (Wildman–Crippen MR) is 98.1 cm³/mol.